The predicted octanol–water partition coefficient (Wildman–Crippen LogP) is 2.44. The van der Waals surface area contributed by atoms with Crippen LogP contribution in [0.15, 0.2) is 12.1 Å². The molecule has 8 heteroatoms. The van der Waals surface area contributed by atoms with Gasteiger partial charge in [-0.3, -0.25) is 13.8 Å². The van der Waals surface area contributed by atoms with Crippen LogP contribution in [0.3, 0.4) is 0 Å². The van der Waals surface area contributed by atoms with Crippen LogP contribution in [-0.4, -0.2) is 27.7 Å². The van der Waals surface area contributed by atoms with Gasteiger partial charge < -0.3 is 19.3 Å². The maximum absolute atomic E-state index is 11.5. The summed E-state index contributed by atoms with van der Waals surface area (Å²) >= 11 is -2.39. The van der Waals surface area contributed by atoms with Crippen LogP contribution in [0.1, 0.15) is 49.7 Å². The van der Waals surface area contributed by atoms with Crippen LogP contribution in [0.2, 0.25) is 0 Å². The number of amides is 1. The number of hydrogen-bond donors (Lipinski definition) is 2. The number of unbranched alkanes of at least 4 members (excludes halogenated alkanes) is 3. The van der Waals surface area contributed by atoms with Crippen molar-refractivity contribution in [2.75, 3.05) is 17.1 Å². The third-order valence-corrected chi connectivity index (χ3v) is 4.61. The number of aryl methyl sites for hydroxylation is 2. The van der Waals surface area contributed by atoms with Crippen LogP contribution in [0.4, 0.5) is 11.4 Å². The van der Waals surface area contributed by atoms with Crippen molar-refractivity contribution >= 4 is 34.5 Å². The number of carbonyl (C=O) groups is 2. The van der Waals surface area contributed by atoms with Gasteiger partial charge in [0.1, 0.15) is 0 Å². The van der Waals surface area contributed by atoms with Gasteiger partial charge in [-0.2, -0.15) is 0 Å². The summed E-state index contributed by atoms with van der Waals surface area (Å²) in [6, 6.07) is 3.66. The lowest BCUT2D eigenvalue weighted by Crippen LogP contribution is -2.20. The first kappa shape index (κ1) is 19.4. The van der Waals surface area contributed by atoms with E-state index < -0.39 is 11.3 Å². The molecule has 1 aliphatic heterocycles. The van der Waals surface area contributed by atoms with E-state index >= 15 is 0 Å². The number of ether oxygens (including phenoxy) is 1. The quantitative estimate of drug-likeness (QED) is 0.396. The van der Waals surface area contributed by atoms with Gasteiger partial charge >= 0.3 is 5.97 Å². The minimum atomic E-state index is -2.39. The Balaban J connectivity index is 1.95. The number of carbonyl (C=O) groups excluding carboxylic acids is 2. The fraction of sp³-hybridized carbons (Fsp3) is 0.529. The Morgan fingerprint density at radius 3 is 2.76 bits per heavy atom. The van der Waals surface area contributed by atoms with Gasteiger partial charge in [0, 0.05) is 35.5 Å². The van der Waals surface area contributed by atoms with Crippen LogP contribution in [0, 0.1) is 0 Å². The molecule has 1 aliphatic rings. The normalized spacial score (nSPS) is 14.4. The molecule has 2 rings (SSSR count). The van der Waals surface area contributed by atoms with Crippen molar-refractivity contribution in [2.45, 2.75) is 51.4 Å². The SMILES string of the molecule is COC(=O)CCCCCCc1cc2c(cc1NS(=O)[O-])CCC(=O)N2. The van der Waals surface area contributed by atoms with E-state index in [0.29, 0.717) is 31.4 Å². The van der Waals surface area contributed by atoms with Gasteiger partial charge in [0.15, 0.2) is 0 Å². The summed E-state index contributed by atoms with van der Waals surface area (Å²) in [4.78, 5) is 22.6. The highest BCUT2D eigenvalue weighted by atomic mass is 32.2. The first-order valence-corrected chi connectivity index (χ1v) is 9.45. The Morgan fingerprint density at radius 2 is 2.04 bits per heavy atom. The lowest BCUT2D eigenvalue weighted by atomic mass is 9.96. The Kier molecular flexibility index (Phi) is 7.39. The van der Waals surface area contributed by atoms with Crippen LogP contribution >= 0.6 is 0 Å². The molecule has 0 aliphatic carbocycles. The van der Waals surface area contributed by atoms with Crippen LogP contribution in [0.5, 0.6) is 0 Å². The average Bonchev–Trinajstić information content (AvgIpc) is 2.57. The van der Waals surface area contributed by atoms with E-state index in [1.165, 1.54) is 7.11 Å². The van der Waals surface area contributed by atoms with Gasteiger partial charge in [-0.25, -0.2) is 0 Å². The van der Waals surface area contributed by atoms with E-state index in [-0.39, 0.29) is 11.9 Å². The van der Waals surface area contributed by atoms with Crippen molar-refractivity contribution in [3.05, 3.63) is 23.3 Å². The number of anilines is 2. The molecule has 0 saturated carbocycles. The number of fused-ring (bicyclic) bond motifs is 1. The van der Waals surface area contributed by atoms with E-state index in [2.05, 4.69) is 14.8 Å². The molecule has 1 aromatic carbocycles. The maximum Gasteiger partial charge on any atom is 0.305 e. The molecule has 1 unspecified atom stereocenters. The van der Waals surface area contributed by atoms with Crippen molar-refractivity contribution in [3.63, 3.8) is 0 Å². The molecule has 25 heavy (non-hydrogen) atoms. The molecular formula is C17H23N2O5S-. The third-order valence-electron chi connectivity index (χ3n) is 4.22. The zero-order valence-electron chi connectivity index (χ0n) is 14.3. The second-order valence-electron chi connectivity index (χ2n) is 6.04. The molecule has 2 N–H and O–H groups in total. The Hall–Kier alpha value is -1.93. The Bertz CT molecular complexity index is 663. The van der Waals surface area contributed by atoms with Crippen molar-refractivity contribution in [2.24, 2.45) is 0 Å². The molecule has 0 bridgehead atoms. The molecule has 138 valence electrons. The summed E-state index contributed by atoms with van der Waals surface area (Å²) in [7, 11) is 1.38. The molecule has 0 saturated heterocycles. The molecular weight excluding hydrogens is 344 g/mol. The van der Waals surface area contributed by atoms with Gasteiger partial charge in [-0.1, -0.05) is 12.8 Å². The van der Waals surface area contributed by atoms with Crippen LogP contribution in [0.25, 0.3) is 0 Å². The second kappa shape index (κ2) is 9.53. The zero-order chi connectivity index (χ0) is 18.2. The third kappa shape index (κ3) is 6.13. The van der Waals surface area contributed by atoms with E-state index in [0.717, 1.165) is 42.5 Å². The molecule has 7 nitrogen and oxygen atoms in total. The van der Waals surface area contributed by atoms with Gasteiger partial charge in [-0.15, -0.1) is 0 Å². The Morgan fingerprint density at radius 1 is 1.28 bits per heavy atom. The van der Waals surface area contributed by atoms with Crippen molar-refractivity contribution in [1.29, 1.82) is 0 Å². The average molecular weight is 367 g/mol. The lowest BCUT2D eigenvalue weighted by molar-refractivity contribution is -0.140. The molecule has 1 heterocycles. The molecule has 1 aromatic rings. The molecule has 1 amide bonds. The van der Waals surface area contributed by atoms with Crippen molar-refractivity contribution < 1.29 is 23.1 Å². The lowest BCUT2D eigenvalue weighted by Gasteiger charge is -2.21. The van der Waals surface area contributed by atoms with Crippen molar-refractivity contribution in [1.82, 2.24) is 0 Å². The summed E-state index contributed by atoms with van der Waals surface area (Å²) in [6.45, 7) is 0. The maximum atomic E-state index is 11.5. The summed E-state index contributed by atoms with van der Waals surface area (Å²) < 4.78 is 29.1. The standard InChI is InChI=1S/C17H24N2O5S/c1-24-17(21)7-5-3-2-4-6-12-10-14-13(8-9-16(20)18-14)11-15(12)19-25(22)23/h10-11,19H,2-9H2,1H3,(H,18,20)(H,22,23)/p-1. The second-order valence-corrected chi connectivity index (χ2v) is 6.72. The summed E-state index contributed by atoms with van der Waals surface area (Å²) in [5.41, 5.74) is 3.13. The molecule has 0 aromatic heterocycles. The first-order valence-electron chi connectivity index (χ1n) is 8.38. The number of hydrogen-bond acceptors (Lipinski definition) is 5. The summed E-state index contributed by atoms with van der Waals surface area (Å²) in [5.74, 6) is -0.218. The highest BCUT2D eigenvalue weighted by Crippen LogP contribution is 2.30. The van der Waals surface area contributed by atoms with Crippen LogP contribution < -0.4 is 10.0 Å². The topological polar surface area (TPSA) is 108 Å². The summed E-state index contributed by atoms with van der Waals surface area (Å²) in [5, 5.41) is 2.84. The van der Waals surface area contributed by atoms with Gasteiger partial charge in [0.25, 0.3) is 0 Å². The van der Waals surface area contributed by atoms with Gasteiger partial charge in [0.05, 0.1) is 7.11 Å². The van der Waals surface area contributed by atoms with Crippen molar-refractivity contribution in [3.8, 4) is 0 Å². The molecule has 0 spiro atoms. The van der Waals surface area contributed by atoms with E-state index in [1.807, 2.05) is 6.07 Å². The Labute approximate surface area is 149 Å². The van der Waals surface area contributed by atoms with E-state index in [1.54, 1.807) is 6.07 Å². The predicted molar refractivity (Wildman–Crippen MR) is 94.7 cm³/mol. The number of benzene rings is 1. The molecule has 0 radical (unpaired) electrons. The highest BCUT2D eigenvalue weighted by molar-refractivity contribution is 7.80. The number of methoxy groups -OCH3 is 1. The van der Waals surface area contributed by atoms with Gasteiger partial charge in [0.2, 0.25) is 5.91 Å². The fourth-order valence-corrected chi connectivity index (χ4v) is 3.28. The van der Waals surface area contributed by atoms with Crippen LogP contribution in [-0.2, 0) is 38.4 Å². The highest BCUT2D eigenvalue weighted by Gasteiger charge is 2.17. The number of rotatable bonds is 9. The first-order chi connectivity index (χ1) is 12.0. The van der Waals surface area contributed by atoms with Gasteiger partial charge in [-0.05, 0) is 48.9 Å². The number of nitrogens with one attached hydrogen (secondary N) is 2. The zero-order valence-corrected chi connectivity index (χ0v) is 15.1. The fourth-order valence-electron chi connectivity index (χ4n) is 2.91. The minimum absolute atomic E-state index is 0.0191. The largest absolute Gasteiger partial charge is 0.755 e. The monoisotopic (exact) mass is 367 g/mol. The number of esters is 1. The van der Waals surface area contributed by atoms with E-state index in [4.69, 9.17) is 0 Å². The molecule has 1 atom stereocenters. The smallest absolute Gasteiger partial charge is 0.305 e. The van der Waals surface area contributed by atoms with E-state index in [9.17, 15) is 18.4 Å². The summed E-state index contributed by atoms with van der Waals surface area (Å²) in [6.07, 6.45) is 5.62. The molecule has 0 fully saturated rings. The minimum Gasteiger partial charge on any atom is -0.755 e.